The number of carbonyl (C=O) groups excluding carboxylic acids is 1. The minimum atomic E-state index is 0.122. The van der Waals surface area contributed by atoms with Gasteiger partial charge in [0.15, 0.2) is 0 Å². The molecule has 126 valence electrons. The van der Waals surface area contributed by atoms with E-state index in [4.69, 9.17) is 4.74 Å². The molecule has 2 heterocycles. The van der Waals surface area contributed by atoms with Gasteiger partial charge in [0, 0.05) is 19.0 Å². The van der Waals surface area contributed by atoms with Gasteiger partial charge in [-0.05, 0) is 29.8 Å². The molecular weight excluding hydrogens is 332 g/mol. The molecule has 0 saturated carbocycles. The van der Waals surface area contributed by atoms with E-state index in [0.29, 0.717) is 6.61 Å². The molecule has 0 bridgehead atoms. The number of aromatic nitrogens is 1. The summed E-state index contributed by atoms with van der Waals surface area (Å²) in [5.41, 5.74) is 2.99. The molecular formula is C20H18N2O2S. The van der Waals surface area contributed by atoms with Crippen LogP contribution in [0.1, 0.15) is 16.5 Å². The highest BCUT2D eigenvalue weighted by Gasteiger charge is 2.29. The summed E-state index contributed by atoms with van der Waals surface area (Å²) in [6.45, 7) is 1.16. The van der Waals surface area contributed by atoms with Crippen molar-refractivity contribution in [2.45, 2.75) is 11.9 Å². The van der Waals surface area contributed by atoms with Crippen molar-refractivity contribution in [1.82, 2.24) is 9.88 Å². The molecule has 1 fully saturated rings. The number of pyridine rings is 1. The van der Waals surface area contributed by atoms with E-state index in [-0.39, 0.29) is 10.5 Å². The highest BCUT2D eigenvalue weighted by molar-refractivity contribution is 8.14. The molecule has 0 radical (unpaired) electrons. The Labute approximate surface area is 150 Å². The van der Waals surface area contributed by atoms with E-state index in [0.717, 1.165) is 34.5 Å². The van der Waals surface area contributed by atoms with Crippen LogP contribution in [0.4, 0.5) is 4.79 Å². The first-order chi connectivity index (χ1) is 12.2. The molecule has 0 N–H and O–H groups in total. The number of thioether (sulfide) groups is 1. The number of fused-ring (bicyclic) bond motifs is 1. The van der Waals surface area contributed by atoms with Crippen LogP contribution in [-0.2, 0) is 6.61 Å². The predicted molar refractivity (Wildman–Crippen MR) is 101 cm³/mol. The Morgan fingerprint density at radius 3 is 2.88 bits per heavy atom. The molecule has 25 heavy (non-hydrogen) atoms. The van der Waals surface area contributed by atoms with Crippen LogP contribution in [0.2, 0.25) is 0 Å². The molecule has 0 spiro atoms. The first-order valence-corrected chi connectivity index (χ1v) is 9.06. The van der Waals surface area contributed by atoms with Gasteiger partial charge in [-0.2, -0.15) is 0 Å². The SMILES string of the molecule is CN1CC(c2cccc(OCc3ccc4ccccc4n3)c2)SC1=O. The first-order valence-electron chi connectivity index (χ1n) is 8.18. The monoisotopic (exact) mass is 350 g/mol. The van der Waals surface area contributed by atoms with Gasteiger partial charge in [0.25, 0.3) is 5.24 Å². The van der Waals surface area contributed by atoms with Gasteiger partial charge in [-0.3, -0.25) is 4.79 Å². The van der Waals surface area contributed by atoms with Crippen LogP contribution in [0.5, 0.6) is 5.75 Å². The van der Waals surface area contributed by atoms with Crippen molar-refractivity contribution >= 4 is 27.9 Å². The van der Waals surface area contributed by atoms with E-state index < -0.39 is 0 Å². The second kappa shape index (κ2) is 6.76. The van der Waals surface area contributed by atoms with Crippen LogP contribution < -0.4 is 4.74 Å². The van der Waals surface area contributed by atoms with Crippen LogP contribution >= 0.6 is 11.8 Å². The van der Waals surface area contributed by atoms with Crippen molar-refractivity contribution in [3.05, 3.63) is 71.9 Å². The lowest BCUT2D eigenvalue weighted by atomic mass is 10.1. The summed E-state index contributed by atoms with van der Waals surface area (Å²) < 4.78 is 5.92. The molecule has 1 atom stereocenters. The Hall–Kier alpha value is -2.53. The van der Waals surface area contributed by atoms with Gasteiger partial charge in [-0.1, -0.05) is 48.2 Å². The zero-order valence-electron chi connectivity index (χ0n) is 13.9. The Morgan fingerprint density at radius 2 is 2.04 bits per heavy atom. The quantitative estimate of drug-likeness (QED) is 0.687. The summed E-state index contributed by atoms with van der Waals surface area (Å²) >= 11 is 1.37. The highest BCUT2D eigenvalue weighted by Crippen LogP contribution is 2.38. The number of likely N-dealkylation sites (N-methyl/N-ethyl adjacent to an activating group) is 1. The van der Waals surface area contributed by atoms with Crippen molar-refractivity contribution in [2.24, 2.45) is 0 Å². The summed E-state index contributed by atoms with van der Waals surface area (Å²) in [6, 6.07) is 20.1. The van der Waals surface area contributed by atoms with Gasteiger partial charge in [-0.25, -0.2) is 4.98 Å². The van der Waals surface area contributed by atoms with Gasteiger partial charge in [0.1, 0.15) is 12.4 Å². The van der Waals surface area contributed by atoms with Gasteiger partial charge in [0.05, 0.1) is 16.5 Å². The van der Waals surface area contributed by atoms with Crippen molar-refractivity contribution in [1.29, 1.82) is 0 Å². The molecule has 4 rings (SSSR count). The number of benzene rings is 2. The minimum Gasteiger partial charge on any atom is -0.487 e. The predicted octanol–water partition coefficient (Wildman–Crippen LogP) is 4.65. The van der Waals surface area contributed by atoms with Crippen molar-refractivity contribution in [3.63, 3.8) is 0 Å². The van der Waals surface area contributed by atoms with Crippen LogP contribution in [0.15, 0.2) is 60.7 Å². The first kappa shape index (κ1) is 16.0. The molecule has 1 unspecified atom stereocenters. The fourth-order valence-electron chi connectivity index (χ4n) is 2.90. The topological polar surface area (TPSA) is 42.4 Å². The second-order valence-electron chi connectivity index (χ2n) is 6.11. The fourth-order valence-corrected chi connectivity index (χ4v) is 3.97. The van der Waals surface area contributed by atoms with Gasteiger partial charge < -0.3 is 9.64 Å². The molecule has 5 heteroatoms. The van der Waals surface area contributed by atoms with Gasteiger partial charge in [0.2, 0.25) is 0 Å². The zero-order valence-corrected chi connectivity index (χ0v) is 14.7. The maximum absolute atomic E-state index is 11.7. The third-order valence-electron chi connectivity index (χ3n) is 4.27. The van der Waals surface area contributed by atoms with Gasteiger partial charge in [-0.15, -0.1) is 0 Å². The molecule has 1 amide bonds. The summed E-state index contributed by atoms with van der Waals surface area (Å²) in [4.78, 5) is 18.1. The molecule has 4 nitrogen and oxygen atoms in total. The van der Waals surface area contributed by atoms with E-state index in [1.807, 2.05) is 61.6 Å². The van der Waals surface area contributed by atoms with Crippen molar-refractivity contribution < 1.29 is 9.53 Å². The second-order valence-corrected chi connectivity index (χ2v) is 7.26. The third-order valence-corrected chi connectivity index (χ3v) is 5.49. The highest BCUT2D eigenvalue weighted by atomic mass is 32.2. The molecule has 3 aromatic rings. The molecule has 2 aromatic carbocycles. The van der Waals surface area contributed by atoms with Crippen LogP contribution in [0.25, 0.3) is 10.9 Å². The number of ether oxygens (including phenoxy) is 1. The van der Waals surface area contributed by atoms with Crippen molar-refractivity contribution in [3.8, 4) is 5.75 Å². The van der Waals surface area contributed by atoms with E-state index >= 15 is 0 Å². The maximum Gasteiger partial charge on any atom is 0.282 e. The van der Waals surface area contributed by atoms with E-state index in [1.165, 1.54) is 11.8 Å². The van der Waals surface area contributed by atoms with E-state index in [2.05, 4.69) is 11.1 Å². The molecule has 0 aliphatic carbocycles. The number of para-hydroxylation sites is 1. The summed E-state index contributed by atoms with van der Waals surface area (Å²) in [5.74, 6) is 0.801. The largest absolute Gasteiger partial charge is 0.487 e. The van der Waals surface area contributed by atoms with Crippen LogP contribution in [-0.4, -0.2) is 28.7 Å². The fraction of sp³-hybridized carbons (Fsp3) is 0.200. The lowest BCUT2D eigenvalue weighted by molar-refractivity contribution is 0.237. The number of rotatable bonds is 4. The number of hydrogen-bond acceptors (Lipinski definition) is 4. The average molecular weight is 350 g/mol. The third kappa shape index (κ3) is 3.46. The van der Waals surface area contributed by atoms with E-state index in [1.54, 1.807) is 4.90 Å². The smallest absolute Gasteiger partial charge is 0.282 e. The Morgan fingerprint density at radius 1 is 1.16 bits per heavy atom. The summed E-state index contributed by atoms with van der Waals surface area (Å²) in [6.07, 6.45) is 0. The van der Waals surface area contributed by atoms with E-state index in [9.17, 15) is 4.79 Å². The standard InChI is InChI=1S/C20H18N2O2S/c1-22-12-19(25-20(22)23)15-6-4-7-17(11-15)24-13-16-10-9-14-5-2-3-8-18(14)21-16/h2-11,19H,12-13H2,1H3. The van der Waals surface area contributed by atoms with Gasteiger partial charge >= 0.3 is 0 Å². The molecule has 1 aliphatic rings. The van der Waals surface area contributed by atoms with Crippen molar-refractivity contribution in [2.75, 3.05) is 13.6 Å². The minimum absolute atomic E-state index is 0.122. The molecule has 1 aliphatic heterocycles. The van der Waals surface area contributed by atoms with Crippen LogP contribution in [0.3, 0.4) is 0 Å². The number of carbonyl (C=O) groups is 1. The number of amides is 1. The Balaban J connectivity index is 1.47. The lowest BCUT2D eigenvalue weighted by Crippen LogP contribution is -2.17. The Bertz CT molecular complexity index is 928. The molecule has 1 aromatic heterocycles. The normalized spacial score (nSPS) is 17.2. The summed E-state index contributed by atoms with van der Waals surface area (Å²) in [5, 5.41) is 1.41. The van der Waals surface area contributed by atoms with Crippen LogP contribution in [0, 0.1) is 0 Å². The lowest BCUT2D eigenvalue weighted by Gasteiger charge is -2.12. The number of hydrogen-bond donors (Lipinski definition) is 0. The zero-order chi connectivity index (χ0) is 17.2. The summed E-state index contributed by atoms with van der Waals surface area (Å²) in [7, 11) is 1.83. The maximum atomic E-state index is 11.7. The number of nitrogens with zero attached hydrogens (tertiary/aromatic N) is 2. The average Bonchev–Trinajstić information content (AvgIpc) is 2.99. The molecule has 1 saturated heterocycles. The Kier molecular flexibility index (Phi) is 4.32.